The van der Waals surface area contributed by atoms with Crippen molar-refractivity contribution >= 4 is 33.7 Å². The number of carbonyl (C=O) groups is 1. The molecule has 0 saturated heterocycles. The lowest BCUT2D eigenvalue weighted by Crippen LogP contribution is -2.12. The number of ether oxygens (including phenoxy) is 3. The minimum atomic E-state index is -4.61. The van der Waals surface area contributed by atoms with Crippen LogP contribution in [0.5, 0.6) is 11.5 Å². The first-order chi connectivity index (χ1) is 12.7. The quantitative estimate of drug-likeness (QED) is 0.377. The fourth-order valence-corrected chi connectivity index (χ4v) is 3.02. The predicted molar refractivity (Wildman–Crippen MR) is 97.3 cm³/mol. The van der Waals surface area contributed by atoms with Crippen molar-refractivity contribution in [2.45, 2.75) is 26.1 Å². The molecule has 0 aliphatic heterocycles. The van der Waals surface area contributed by atoms with Crippen molar-refractivity contribution in [3.8, 4) is 11.5 Å². The highest BCUT2D eigenvalue weighted by Gasteiger charge is 2.35. The lowest BCUT2D eigenvalue weighted by Gasteiger charge is -2.17. The van der Waals surface area contributed by atoms with Crippen LogP contribution in [0.25, 0.3) is 0 Å². The third-order valence-electron chi connectivity index (χ3n) is 3.64. The molecule has 2 aromatic carbocycles. The zero-order valence-electron chi connectivity index (χ0n) is 14.3. The number of hydrogen-bond acceptors (Lipinski definition) is 4. The lowest BCUT2D eigenvalue weighted by molar-refractivity contribution is -0.139. The third-order valence-corrected chi connectivity index (χ3v) is 4.74. The van der Waals surface area contributed by atoms with Gasteiger partial charge in [0.25, 0.3) is 0 Å². The van der Waals surface area contributed by atoms with Crippen molar-refractivity contribution in [1.29, 1.82) is 0 Å². The molecule has 27 heavy (non-hydrogen) atoms. The molecule has 0 amide bonds. The van der Waals surface area contributed by atoms with E-state index in [9.17, 15) is 18.0 Å². The van der Waals surface area contributed by atoms with Gasteiger partial charge in [-0.2, -0.15) is 13.2 Å². The second-order valence-corrected chi connectivity index (χ2v) is 6.61. The average Bonchev–Trinajstić information content (AvgIpc) is 2.60. The van der Waals surface area contributed by atoms with Crippen LogP contribution >= 0.6 is 27.5 Å². The SMILES string of the molecule is CCc1cc(C(F)(F)F)c(OCc2c(Br)cccc2OC(=O)OC)cc1Cl. The van der Waals surface area contributed by atoms with Gasteiger partial charge in [0.15, 0.2) is 0 Å². The normalized spacial score (nSPS) is 11.2. The first kappa shape index (κ1) is 21.4. The summed E-state index contributed by atoms with van der Waals surface area (Å²) in [5.41, 5.74) is -0.218. The van der Waals surface area contributed by atoms with E-state index in [0.717, 1.165) is 19.2 Å². The average molecular weight is 468 g/mol. The third kappa shape index (κ3) is 5.29. The van der Waals surface area contributed by atoms with E-state index >= 15 is 0 Å². The van der Waals surface area contributed by atoms with Crippen molar-refractivity contribution in [2.75, 3.05) is 7.11 Å². The second-order valence-electron chi connectivity index (χ2n) is 5.35. The number of aryl methyl sites for hydroxylation is 1. The zero-order valence-corrected chi connectivity index (χ0v) is 16.7. The van der Waals surface area contributed by atoms with E-state index in [1.54, 1.807) is 19.1 Å². The number of benzene rings is 2. The van der Waals surface area contributed by atoms with Gasteiger partial charge in [0, 0.05) is 15.1 Å². The minimum absolute atomic E-state index is 0.0982. The molecule has 0 spiro atoms. The molecule has 9 heteroatoms. The van der Waals surface area contributed by atoms with E-state index in [4.69, 9.17) is 21.1 Å². The Morgan fingerprint density at radius 1 is 1.22 bits per heavy atom. The van der Waals surface area contributed by atoms with Crippen LogP contribution in [0.3, 0.4) is 0 Å². The van der Waals surface area contributed by atoms with Crippen molar-refractivity contribution < 1.29 is 32.2 Å². The highest BCUT2D eigenvalue weighted by molar-refractivity contribution is 9.10. The number of hydrogen-bond donors (Lipinski definition) is 0. The molecular formula is C18H15BrClF3O4. The minimum Gasteiger partial charge on any atom is -0.488 e. The molecule has 0 aromatic heterocycles. The molecule has 2 rings (SSSR count). The first-order valence-electron chi connectivity index (χ1n) is 7.73. The van der Waals surface area contributed by atoms with Crippen molar-refractivity contribution in [3.63, 3.8) is 0 Å². The number of rotatable bonds is 5. The number of methoxy groups -OCH3 is 1. The van der Waals surface area contributed by atoms with E-state index < -0.39 is 23.6 Å². The Morgan fingerprint density at radius 3 is 2.52 bits per heavy atom. The summed E-state index contributed by atoms with van der Waals surface area (Å²) in [6.07, 6.45) is -5.21. The molecular weight excluding hydrogens is 453 g/mol. The summed E-state index contributed by atoms with van der Waals surface area (Å²) in [4.78, 5) is 11.4. The summed E-state index contributed by atoms with van der Waals surface area (Å²) in [5, 5.41) is 0.179. The summed E-state index contributed by atoms with van der Waals surface area (Å²) in [5.74, 6) is -0.314. The van der Waals surface area contributed by atoms with Gasteiger partial charge in [0.2, 0.25) is 0 Å². The van der Waals surface area contributed by atoms with Gasteiger partial charge in [-0.05, 0) is 36.2 Å². The topological polar surface area (TPSA) is 44.8 Å². The molecule has 0 heterocycles. The summed E-state index contributed by atoms with van der Waals surface area (Å²) < 4.78 is 55.5. The summed E-state index contributed by atoms with van der Waals surface area (Å²) in [6.45, 7) is 1.41. The molecule has 0 aliphatic carbocycles. The van der Waals surface area contributed by atoms with E-state index in [2.05, 4.69) is 20.7 Å². The van der Waals surface area contributed by atoms with Crippen molar-refractivity contribution in [2.24, 2.45) is 0 Å². The van der Waals surface area contributed by atoms with Crippen molar-refractivity contribution in [1.82, 2.24) is 0 Å². The van der Waals surface area contributed by atoms with Crippen LogP contribution in [-0.4, -0.2) is 13.3 Å². The number of alkyl halides is 3. The van der Waals surface area contributed by atoms with Gasteiger partial charge in [0.05, 0.1) is 12.7 Å². The van der Waals surface area contributed by atoms with E-state index in [-0.39, 0.29) is 17.4 Å². The summed E-state index contributed by atoms with van der Waals surface area (Å²) >= 11 is 9.31. The molecule has 2 aromatic rings. The predicted octanol–water partition coefficient (Wildman–Crippen LogP) is 6.41. The standard InChI is InChI=1S/C18H15BrClF3O4/c1-3-10-7-12(18(21,22)23)16(8-14(10)20)26-9-11-13(19)5-4-6-15(11)27-17(24)25-2/h4-8H,3,9H2,1-2H3. The molecule has 0 N–H and O–H groups in total. The van der Waals surface area contributed by atoms with E-state index in [1.807, 2.05) is 0 Å². The van der Waals surface area contributed by atoms with Gasteiger partial charge in [-0.15, -0.1) is 0 Å². The maximum absolute atomic E-state index is 13.4. The van der Waals surface area contributed by atoms with Crippen LogP contribution in [0.15, 0.2) is 34.8 Å². The van der Waals surface area contributed by atoms with Crippen LogP contribution < -0.4 is 9.47 Å². The number of halogens is 5. The van der Waals surface area contributed by atoms with Crippen LogP contribution in [-0.2, 0) is 23.9 Å². The van der Waals surface area contributed by atoms with Gasteiger partial charge in [0.1, 0.15) is 18.1 Å². The largest absolute Gasteiger partial charge is 0.513 e. The maximum Gasteiger partial charge on any atom is 0.513 e. The van der Waals surface area contributed by atoms with Crippen LogP contribution in [0, 0.1) is 0 Å². The van der Waals surface area contributed by atoms with Gasteiger partial charge in [-0.1, -0.05) is 40.5 Å². The Bertz CT molecular complexity index is 840. The number of carbonyl (C=O) groups excluding carboxylic acids is 1. The highest BCUT2D eigenvalue weighted by atomic mass is 79.9. The fraction of sp³-hybridized carbons (Fsp3) is 0.278. The molecule has 0 saturated carbocycles. The molecule has 4 nitrogen and oxygen atoms in total. The second kappa shape index (κ2) is 8.84. The summed E-state index contributed by atoms with van der Waals surface area (Å²) in [7, 11) is 1.14. The zero-order chi connectivity index (χ0) is 20.2. The molecule has 0 radical (unpaired) electrons. The highest BCUT2D eigenvalue weighted by Crippen LogP contribution is 2.40. The monoisotopic (exact) mass is 466 g/mol. The van der Waals surface area contributed by atoms with E-state index in [1.165, 1.54) is 6.07 Å². The Labute approximate surface area is 167 Å². The van der Waals surface area contributed by atoms with Gasteiger partial charge >= 0.3 is 12.3 Å². The smallest absolute Gasteiger partial charge is 0.488 e. The molecule has 0 atom stereocenters. The molecule has 0 fully saturated rings. The Kier molecular flexibility index (Phi) is 7.00. The molecule has 0 bridgehead atoms. The molecule has 0 unspecified atom stereocenters. The Balaban J connectivity index is 2.37. The van der Waals surface area contributed by atoms with Crippen LogP contribution in [0.1, 0.15) is 23.6 Å². The van der Waals surface area contributed by atoms with E-state index in [0.29, 0.717) is 22.0 Å². The molecule has 146 valence electrons. The fourth-order valence-electron chi connectivity index (χ4n) is 2.27. The lowest BCUT2D eigenvalue weighted by atomic mass is 10.1. The van der Waals surface area contributed by atoms with Gasteiger partial charge < -0.3 is 14.2 Å². The van der Waals surface area contributed by atoms with Crippen LogP contribution in [0.4, 0.5) is 18.0 Å². The Morgan fingerprint density at radius 2 is 1.93 bits per heavy atom. The first-order valence-corrected chi connectivity index (χ1v) is 8.90. The van der Waals surface area contributed by atoms with Crippen LogP contribution in [0.2, 0.25) is 5.02 Å². The summed E-state index contributed by atoms with van der Waals surface area (Å²) in [6, 6.07) is 6.82. The Hall–Kier alpha value is -1.93. The molecule has 0 aliphatic rings. The van der Waals surface area contributed by atoms with Gasteiger partial charge in [-0.25, -0.2) is 4.79 Å². The van der Waals surface area contributed by atoms with Gasteiger partial charge in [-0.3, -0.25) is 0 Å². The maximum atomic E-state index is 13.4. The van der Waals surface area contributed by atoms with Crippen molar-refractivity contribution in [3.05, 3.63) is 56.5 Å².